The Balaban J connectivity index is 1.29. The molecule has 2 saturated heterocycles. The SMILES string of the molecule is CCN1CCN([C@@H]2CCN(c3ncc4c5c(c(-c6ncc(F)c7sc(NC(=O)OC(C)(C)C)c(C#N)c67)c(F)c4n3)COC5)C2)CC1. The number of aromatic nitrogens is 3. The predicted molar refractivity (Wildman–Crippen MR) is 175 cm³/mol. The molecule has 3 aliphatic heterocycles. The Morgan fingerprint density at radius 1 is 1.15 bits per heavy atom. The van der Waals surface area contributed by atoms with Crippen LogP contribution in [0.25, 0.3) is 32.2 Å². The maximum atomic E-state index is 16.9. The number of nitrogens with one attached hydrogen (secondary N) is 1. The van der Waals surface area contributed by atoms with Crippen molar-refractivity contribution in [3.05, 3.63) is 40.7 Å². The van der Waals surface area contributed by atoms with Crippen LogP contribution in [0, 0.1) is 23.0 Å². The number of thiophene rings is 1. The number of benzene rings is 1. The lowest BCUT2D eigenvalue weighted by molar-refractivity contribution is 0.0636. The topological polar surface area (TPSA) is 120 Å². The van der Waals surface area contributed by atoms with Crippen molar-refractivity contribution in [2.45, 2.75) is 59.0 Å². The third-order valence-corrected chi connectivity index (χ3v) is 10.2. The Morgan fingerprint density at radius 3 is 2.64 bits per heavy atom. The van der Waals surface area contributed by atoms with E-state index in [2.05, 4.69) is 43.0 Å². The molecule has 1 N–H and O–H groups in total. The van der Waals surface area contributed by atoms with Crippen LogP contribution < -0.4 is 10.2 Å². The Morgan fingerprint density at radius 2 is 1.91 bits per heavy atom. The highest BCUT2D eigenvalue weighted by Crippen LogP contribution is 2.46. The van der Waals surface area contributed by atoms with Gasteiger partial charge in [0, 0.05) is 67.8 Å². The van der Waals surface area contributed by atoms with E-state index in [-0.39, 0.29) is 50.6 Å². The molecule has 0 spiro atoms. The third kappa shape index (κ3) is 5.75. The fourth-order valence-electron chi connectivity index (χ4n) is 6.82. The minimum absolute atomic E-state index is 0.0312. The summed E-state index contributed by atoms with van der Waals surface area (Å²) in [5.74, 6) is -0.886. The van der Waals surface area contributed by atoms with Crippen LogP contribution in [-0.4, -0.2) is 88.3 Å². The van der Waals surface area contributed by atoms with Crippen LogP contribution in [0.1, 0.15) is 50.8 Å². The van der Waals surface area contributed by atoms with Gasteiger partial charge in [-0.3, -0.25) is 15.2 Å². The molecular formula is C33H36F2N8O3S. The molecule has 14 heteroatoms. The van der Waals surface area contributed by atoms with Crippen molar-refractivity contribution in [2.75, 3.05) is 56.0 Å². The summed E-state index contributed by atoms with van der Waals surface area (Å²) in [5, 5.41) is 13.5. The zero-order valence-corrected chi connectivity index (χ0v) is 27.6. The maximum absolute atomic E-state index is 16.9. The minimum Gasteiger partial charge on any atom is -0.444 e. The van der Waals surface area contributed by atoms with E-state index in [0.29, 0.717) is 22.9 Å². The number of halogens is 2. The lowest BCUT2D eigenvalue weighted by Crippen LogP contribution is -2.50. The Labute approximate surface area is 275 Å². The Hall–Kier alpha value is -4.03. The zero-order valence-electron chi connectivity index (χ0n) is 26.8. The van der Waals surface area contributed by atoms with Crippen molar-refractivity contribution in [2.24, 2.45) is 0 Å². The number of fused-ring (bicyclic) bond motifs is 4. The molecule has 1 aromatic carbocycles. The highest BCUT2D eigenvalue weighted by molar-refractivity contribution is 7.23. The number of nitrogens with zero attached hydrogens (tertiary/aromatic N) is 7. The number of pyridine rings is 1. The van der Waals surface area contributed by atoms with Gasteiger partial charge in [-0.25, -0.2) is 23.5 Å². The number of hydrogen-bond acceptors (Lipinski definition) is 11. The van der Waals surface area contributed by atoms with Crippen LogP contribution in [0.3, 0.4) is 0 Å². The molecule has 2 fully saturated rings. The summed E-state index contributed by atoms with van der Waals surface area (Å²) < 4.78 is 43.3. The molecule has 4 aromatic rings. The van der Waals surface area contributed by atoms with E-state index in [1.165, 1.54) is 0 Å². The number of ether oxygens (including phenoxy) is 2. The van der Waals surface area contributed by atoms with E-state index in [9.17, 15) is 10.1 Å². The van der Waals surface area contributed by atoms with Crippen molar-refractivity contribution >= 4 is 49.4 Å². The largest absolute Gasteiger partial charge is 0.444 e. The first kappa shape index (κ1) is 31.6. The highest BCUT2D eigenvalue weighted by Gasteiger charge is 2.34. The molecule has 47 heavy (non-hydrogen) atoms. The first-order chi connectivity index (χ1) is 22.6. The van der Waals surface area contributed by atoms with Gasteiger partial charge in [0.25, 0.3) is 0 Å². The van der Waals surface area contributed by atoms with Crippen LogP contribution in [0.5, 0.6) is 0 Å². The van der Waals surface area contributed by atoms with Gasteiger partial charge >= 0.3 is 6.09 Å². The first-order valence-corrected chi connectivity index (χ1v) is 16.7. The number of nitriles is 1. The van der Waals surface area contributed by atoms with E-state index in [0.717, 1.165) is 75.3 Å². The molecule has 7 rings (SSSR count). The fourth-order valence-corrected chi connectivity index (χ4v) is 7.86. The Bertz CT molecular complexity index is 1930. The summed E-state index contributed by atoms with van der Waals surface area (Å²) in [6.07, 6.45) is 2.85. The van der Waals surface area contributed by atoms with Gasteiger partial charge in [0.05, 0.1) is 35.4 Å². The molecule has 1 amide bonds. The van der Waals surface area contributed by atoms with E-state index < -0.39 is 23.3 Å². The van der Waals surface area contributed by atoms with E-state index in [1.54, 1.807) is 27.0 Å². The number of hydrogen-bond donors (Lipinski definition) is 1. The van der Waals surface area contributed by atoms with Crippen molar-refractivity contribution in [3.63, 3.8) is 0 Å². The summed E-state index contributed by atoms with van der Waals surface area (Å²) in [5.41, 5.74) is 0.769. The molecule has 0 bridgehead atoms. The van der Waals surface area contributed by atoms with Gasteiger partial charge in [0.2, 0.25) is 5.95 Å². The van der Waals surface area contributed by atoms with E-state index in [4.69, 9.17) is 14.5 Å². The van der Waals surface area contributed by atoms with Crippen LogP contribution in [0.15, 0.2) is 12.4 Å². The molecule has 6 heterocycles. The predicted octanol–water partition coefficient (Wildman–Crippen LogP) is 5.65. The summed E-state index contributed by atoms with van der Waals surface area (Å²) in [4.78, 5) is 33.5. The van der Waals surface area contributed by atoms with Crippen LogP contribution in [0.2, 0.25) is 0 Å². The molecule has 3 aliphatic rings. The summed E-state index contributed by atoms with van der Waals surface area (Å²) in [6, 6.07) is 2.45. The molecule has 0 radical (unpaired) electrons. The van der Waals surface area contributed by atoms with Gasteiger partial charge in [0.1, 0.15) is 22.2 Å². The average Bonchev–Trinajstić information content (AvgIpc) is 3.80. The van der Waals surface area contributed by atoms with E-state index in [1.807, 2.05) is 0 Å². The number of piperazine rings is 1. The molecule has 0 unspecified atom stereocenters. The van der Waals surface area contributed by atoms with Gasteiger partial charge in [0.15, 0.2) is 11.6 Å². The highest BCUT2D eigenvalue weighted by atomic mass is 32.1. The van der Waals surface area contributed by atoms with Crippen LogP contribution in [0.4, 0.5) is 24.5 Å². The van der Waals surface area contributed by atoms with Gasteiger partial charge in [-0.05, 0) is 44.9 Å². The number of likely N-dealkylation sites (N-methyl/N-ethyl adjacent to an activating group) is 1. The number of amides is 1. The maximum Gasteiger partial charge on any atom is 0.412 e. The summed E-state index contributed by atoms with van der Waals surface area (Å²) in [6.45, 7) is 14.4. The smallest absolute Gasteiger partial charge is 0.412 e. The number of carbonyl (C=O) groups excluding carboxylic acids is 1. The summed E-state index contributed by atoms with van der Waals surface area (Å²) in [7, 11) is 0. The lowest BCUT2D eigenvalue weighted by atomic mass is 9.94. The second-order valence-corrected chi connectivity index (χ2v) is 14.2. The first-order valence-electron chi connectivity index (χ1n) is 15.9. The molecular weight excluding hydrogens is 626 g/mol. The van der Waals surface area contributed by atoms with Crippen molar-refractivity contribution in [1.82, 2.24) is 24.8 Å². The number of rotatable bonds is 5. The molecule has 0 saturated carbocycles. The fraction of sp³-hybridized carbons (Fsp3) is 0.485. The van der Waals surface area contributed by atoms with Gasteiger partial charge in [-0.2, -0.15) is 5.26 Å². The minimum atomic E-state index is -0.793. The van der Waals surface area contributed by atoms with Crippen molar-refractivity contribution < 1.29 is 23.0 Å². The van der Waals surface area contributed by atoms with Gasteiger partial charge in [-0.15, -0.1) is 11.3 Å². The second-order valence-electron chi connectivity index (χ2n) is 13.1. The van der Waals surface area contributed by atoms with Crippen LogP contribution in [-0.2, 0) is 22.7 Å². The zero-order chi connectivity index (χ0) is 33.0. The standard InChI is InChI=1S/C33H36F2N8O3S/c1-5-41-8-10-42(11-9-41)18-6-7-43(15-18)31-38-13-20-21-16-45-17-22(21)24(26(35)27(20)39-31)28-25-19(12-36)30(40-32(44)46-33(2,3)4)47-29(25)23(34)14-37-28/h13-14,18H,5-11,15-17H2,1-4H3,(H,40,44)/t18-/m1/s1. The molecule has 0 aliphatic carbocycles. The molecule has 3 aromatic heterocycles. The van der Waals surface area contributed by atoms with Crippen LogP contribution >= 0.6 is 11.3 Å². The third-order valence-electron chi connectivity index (χ3n) is 9.14. The number of anilines is 2. The lowest BCUT2D eigenvalue weighted by Gasteiger charge is -2.37. The van der Waals surface area contributed by atoms with Gasteiger partial charge < -0.3 is 19.3 Å². The van der Waals surface area contributed by atoms with Crippen molar-refractivity contribution in [1.29, 1.82) is 5.26 Å². The van der Waals surface area contributed by atoms with Crippen molar-refractivity contribution in [3.8, 4) is 17.3 Å². The van der Waals surface area contributed by atoms with Gasteiger partial charge in [-0.1, -0.05) is 6.92 Å². The normalized spacial score (nSPS) is 19.0. The number of carbonyl (C=O) groups is 1. The Kier molecular flexibility index (Phi) is 8.20. The molecule has 11 nitrogen and oxygen atoms in total. The summed E-state index contributed by atoms with van der Waals surface area (Å²) >= 11 is 0.871. The average molecular weight is 663 g/mol. The molecule has 246 valence electrons. The second kappa shape index (κ2) is 12.2. The monoisotopic (exact) mass is 662 g/mol. The quantitative estimate of drug-likeness (QED) is 0.287. The van der Waals surface area contributed by atoms with E-state index >= 15 is 8.78 Å². The molecule has 1 atom stereocenters.